The van der Waals surface area contributed by atoms with E-state index in [0.717, 1.165) is 30.4 Å². The number of guanidine groups is 1. The van der Waals surface area contributed by atoms with E-state index in [1.54, 1.807) is 22.0 Å². The van der Waals surface area contributed by atoms with Crippen LogP contribution < -0.4 is 15.0 Å². The number of nitrogens with one attached hydrogen (secondary N) is 1. The highest BCUT2D eigenvalue weighted by Crippen LogP contribution is 2.29. The zero-order chi connectivity index (χ0) is 20.9. The third kappa shape index (κ3) is 5.08. The molecule has 1 aliphatic heterocycles. The molecule has 30 heavy (non-hydrogen) atoms. The van der Waals surface area contributed by atoms with Crippen molar-refractivity contribution in [1.29, 1.82) is 0 Å². The number of nitrogens with zero attached hydrogens (tertiary/aromatic N) is 6. The third-order valence-electron chi connectivity index (χ3n) is 5.23. The van der Waals surface area contributed by atoms with E-state index in [4.69, 9.17) is 9.73 Å². The van der Waals surface area contributed by atoms with Crippen molar-refractivity contribution < 1.29 is 9.53 Å². The lowest BCUT2D eigenvalue weighted by molar-refractivity contribution is -0.120. The Kier molecular flexibility index (Phi) is 6.15. The van der Waals surface area contributed by atoms with Gasteiger partial charge < -0.3 is 19.9 Å². The first-order valence-corrected chi connectivity index (χ1v) is 10.5. The normalized spacial score (nSPS) is 17.4. The van der Waals surface area contributed by atoms with Gasteiger partial charge in [-0.1, -0.05) is 6.07 Å². The van der Waals surface area contributed by atoms with Crippen LogP contribution >= 0.6 is 0 Å². The highest BCUT2D eigenvalue weighted by atomic mass is 16.5. The summed E-state index contributed by atoms with van der Waals surface area (Å²) < 4.78 is 7.39. The monoisotopic (exact) mass is 411 g/mol. The summed E-state index contributed by atoms with van der Waals surface area (Å²) in [5.74, 6) is 2.16. The predicted octanol–water partition coefficient (Wildman–Crippen LogP) is 1.42. The fraction of sp³-hybridized carbons (Fsp3) is 0.524. The predicted molar refractivity (Wildman–Crippen MR) is 114 cm³/mol. The molecule has 0 radical (unpaired) electrons. The van der Waals surface area contributed by atoms with Gasteiger partial charge in [0.25, 0.3) is 0 Å². The van der Waals surface area contributed by atoms with Crippen LogP contribution in [0.1, 0.15) is 25.3 Å². The van der Waals surface area contributed by atoms with Crippen LogP contribution in [-0.4, -0.2) is 64.3 Å². The fourth-order valence-corrected chi connectivity index (χ4v) is 3.34. The van der Waals surface area contributed by atoms with Gasteiger partial charge in [0, 0.05) is 45.1 Å². The number of ether oxygens (including phenoxy) is 1. The topological polar surface area (TPSA) is 87.9 Å². The van der Waals surface area contributed by atoms with Crippen molar-refractivity contribution in [3.63, 3.8) is 0 Å². The van der Waals surface area contributed by atoms with Gasteiger partial charge in [-0.3, -0.25) is 9.48 Å². The van der Waals surface area contributed by atoms with E-state index < -0.39 is 0 Å². The Labute approximate surface area is 176 Å². The number of pyridine rings is 1. The van der Waals surface area contributed by atoms with Crippen LogP contribution in [0.5, 0.6) is 5.88 Å². The number of hydrogen-bond donors (Lipinski definition) is 1. The average Bonchev–Trinajstić information content (AvgIpc) is 3.49. The van der Waals surface area contributed by atoms with E-state index in [1.165, 1.54) is 12.8 Å². The van der Waals surface area contributed by atoms with Crippen molar-refractivity contribution in [2.24, 2.45) is 18.0 Å². The van der Waals surface area contributed by atoms with Gasteiger partial charge in [-0.05, 0) is 31.2 Å². The molecule has 1 saturated heterocycles. The van der Waals surface area contributed by atoms with Gasteiger partial charge in [0.15, 0.2) is 5.96 Å². The molecule has 160 valence electrons. The first-order chi connectivity index (χ1) is 14.6. The van der Waals surface area contributed by atoms with Crippen LogP contribution in [0.4, 0.5) is 5.69 Å². The number of aliphatic imine (C=N–C) groups is 1. The first kappa shape index (κ1) is 20.2. The maximum absolute atomic E-state index is 12.7. The summed E-state index contributed by atoms with van der Waals surface area (Å²) >= 11 is 0. The lowest BCUT2D eigenvalue weighted by Gasteiger charge is -2.35. The number of hydrogen-bond acceptors (Lipinski definition) is 5. The second-order valence-corrected chi connectivity index (χ2v) is 7.77. The van der Waals surface area contributed by atoms with Crippen molar-refractivity contribution in [2.75, 3.05) is 37.7 Å². The van der Waals surface area contributed by atoms with Gasteiger partial charge in [0.2, 0.25) is 11.8 Å². The Balaban J connectivity index is 1.35. The smallest absolute Gasteiger partial charge is 0.246 e. The first-order valence-electron chi connectivity index (χ1n) is 10.5. The van der Waals surface area contributed by atoms with Gasteiger partial charge in [0.05, 0.1) is 25.0 Å². The van der Waals surface area contributed by atoms with Gasteiger partial charge in [-0.2, -0.15) is 5.10 Å². The van der Waals surface area contributed by atoms with E-state index in [-0.39, 0.29) is 12.5 Å². The van der Waals surface area contributed by atoms with Crippen molar-refractivity contribution in [3.05, 3.63) is 36.3 Å². The SMILES string of the molecule is CCNC(=NCc1ccc(OCC2CC2)nc1)N1CCN(c2cnn(C)c2)C(=O)C1. The number of piperazine rings is 1. The van der Waals surface area contributed by atoms with Crippen molar-refractivity contribution in [3.8, 4) is 5.88 Å². The molecule has 0 spiro atoms. The molecule has 2 aromatic heterocycles. The fourth-order valence-electron chi connectivity index (χ4n) is 3.34. The molecule has 0 atom stereocenters. The Hall–Kier alpha value is -3.10. The number of aryl methyl sites for hydroxylation is 1. The summed E-state index contributed by atoms with van der Waals surface area (Å²) in [5, 5.41) is 7.46. The molecule has 9 heteroatoms. The number of carbonyl (C=O) groups excluding carboxylic acids is 1. The summed E-state index contributed by atoms with van der Waals surface area (Å²) in [6, 6.07) is 3.89. The Morgan fingerprint density at radius 1 is 1.30 bits per heavy atom. The third-order valence-corrected chi connectivity index (χ3v) is 5.23. The van der Waals surface area contributed by atoms with E-state index >= 15 is 0 Å². The summed E-state index contributed by atoms with van der Waals surface area (Å²) in [5.41, 5.74) is 1.84. The number of aromatic nitrogens is 3. The molecule has 0 aromatic carbocycles. The molecule has 2 aliphatic rings. The Bertz CT molecular complexity index is 889. The highest BCUT2D eigenvalue weighted by molar-refractivity contribution is 5.98. The quantitative estimate of drug-likeness (QED) is 0.548. The second kappa shape index (κ2) is 9.15. The highest BCUT2D eigenvalue weighted by Gasteiger charge is 2.27. The molecule has 3 heterocycles. The van der Waals surface area contributed by atoms with Crippen LogP contribution in [0.25, 0.3) is 0 Å². The van der Waals surface area contributed by atoms with E-state index in [9.17, 15) is 4.79 Å². The van der Waals surface area contributed by atoms with Gasteiger partial charge in [-0.15, -0.1) is 0 Å². The molecule has 9 nitrogen and oxygen atoms in total. The maximum Gasteiger partial charge on any atom is 0.246 e. The molecule has 2 aromatic rings. The van der Waals surface area contributed by atoms with Crippen LogP contribution in [-0.2, 0) is 18.4 Å². The van der Waals surface area contributed by atoms with E-state index in [0.29, 0.717) is 31.4 Å². The zero-order valence-corrected chi connectivity index (χ0v) is 17.6. The largest absolute Gasteiger partial charge is 0.477 e. The van der Waals surface area contributed by atoms with Gasteiger partial charge in [-0.25, -0.2) is 9.98 Å². The van der Waals surface area contributed by atoms with Crippen molar-refractivity contribution in [1.82, 2.24) is 25.0 Å². The summed E-state index contributed by atoms with van der Waals surface area (Å²) in [6.07, 6.45) is 7.91. The number of anilines is 1. The standard InChI is InChI=1S/C21H29N7O2/c1-3-22-21(24-11-17-6-7-19(23-10-17)30-15-16-4-5-16)27-8-9-28(20(29)14-27)18-12-25-26(2)13-18/h6-7,10,12-13,16H,3-5,8-9,11,14-15H2,1-2H3,(H,22,24). The van der Waals surface area contributed by atoms with E-state index in [1.807, 2.05) is 37.2 Å². The van der Waals surface area contributed by atoms with Crippen molar-refractivity contribution in [2.45, 2.75) is 26.3 Å². The van der Waals surface area contributed by atoms with E-state index in [2.05, 4.69) is 15.4 Å². The zero-order valence-electron chi connectivity index (χ0n) is 17.6. The molecule has 1 saturated carbocycles. The maximum atomic E-state index is 12.7. The summed E-state index contributed by atoms with van der Waals surface area (Å²) in [6.45, 7) is 5.61. The van der Waals surface area contributed by atoms with Crippen LogP contribution in [0.2, 0.25) is 0 Å². The summed E-state index contributed by atoms with van der Waals surface area (Å²) in [4.78, 5) is 25.6. The van der Waals surface area contributed by atoms with Gasteiger partial charge >= 0.3 is 0 Å². The molecule has 2 fully saturated rings. The number of rotatable bonds is 7. The molecule has 4 rings (SSSR count). The Morgan fingerprint density at radius 3 is 2.80 bits per heavy atom. The van der Waals surface area contributed by atoms with Crippen LogP contribution in [0.3, 0.4) is 0 Å². The molecule has 0 unspecified atom stereocenters. The molecule has 1 amide bonds. The summed E-state index contributed by atoms with van der Waals surface area (Å²) in [7, 11) is 1.85. The number of carbonyl (C=O) groups is 1. The minimum absolute atomic E-state index is 0.0404. The molecule has 1 aliphatic carbocycles. The molecular formula is C21H29N7O2. The van der Waals surface area contributed by atoms with Crippen molar-refractivity contribution >= 4 is 17.6 Å². The lowest BCUT2D eigenvalue weighted by atomic mass is 10.3. The Morgan fingerprint density at radius 2 is 2.17 bits per heavy atom. The second-order valence-electron chi connectivity index (χ2n) is 7.77. The average molecular weight is 412 g/mol. The molecule has 0 bridgehead atoms. The minimum Gasteiger partial charge on any atom is -0.477 e. The van der Waals surface area contributed by atoms with Crippen LogP contribution in [0.15, 0.2) is 35.7 Å². The van der Waals surface area contributed by atoms with Gasteiger partial charge in [0.1, 0.15) is 6.54 Å². The number of amides is 1. The minimum atomic E-state index is 0.0404. The molecular weight excluding hydrogens is 382 g/mol. The van der Waals surface area contributed by atoms with Crippen LogP contribution in [0, 0.1) is 5.92 Å². The molecule has 1 N–H and O–H groups in total. The lowest BCUT2D eigenvalue weighted by Crippen LogP contribution is -2.55.